The molecule has 1 aromatic carbocycles. The van der Waals surface area contributed by atoms with Crippen LogP contribution in [0.3, 0.4) is 0 Å². The first kappa shape index (κ1) is 22.4. The number of hydrogen-bond acceptors (Lipinski definition) is 4. The number of amides is 2. The zero-order valence-electron chi connectivity index (χ0n) is 15.9. The Balaban J connectivity index is 0.00000338. The third-order valence-electron chi connectivity index (χ3n) is 5.35. The van der Waals surface area contributed by atoms with Gasteiger partial charge in [-0.25, -0.2) is 0 Å². The molecule has 1 saturated carbocycles. The lowest BCUT2D eigenvalue weighted by Gasteiger charge is -2.57. The predicted octanol–water partition coefficient (Wildman–Crippen LogP) is 1.66. The lowest BCUT2D eigenvalue weighted by Crippen LogP contribution is -2.75. The average Bonchev–Trinajstić information content (AvgIpc) is 2.60. The molecule has 0 heterocycles. The molecule has 1 aromatic rings. The van der Waals surface area contributed by atoms with Gasteiger partial charge in [0.05, 0.1) is 6.10 Å². The van der Waals surface area contributed by atoms with Crippen molar-refractivity contribution in [1.82, 2.24) is 10.6 Å². The summed E-state index contributed by atoms with van der Waals surface area (Å²) in [5, 5.41) is 5.54. The maximum atomic E-state index is 12.6. The highest BCUT2D eigenvalue weighted by Crippen LogP contribution is 2.49. The third-order valence-corrected chi connectivity index (χ3v) is 5.35. The van der Waals surface area contributed by atoms with Crippen molar-refractivity contribution in [3.63, 3.8) is 0 Å². The molecule has 26 heavy (non-hydrogen) atoms. The fourth-order valence-corrected chi connectivity index (χ4v) is 3.31. The van der Waals surface area contributed by atoms with Crippen LogP contribution in [0.5, 0.6) is 0 Å². The Hall–Kier alpha value is -1.63. The lowest BCUT2D eigenvalue weighted by atomic mass is 9.54. The van der Waals surface area contributed by atoms with Crippen LogP contribution < -0.4 is 16.4 Å². The van der Waals surface area contributed by atoms with Crippen LogP contribution in [0.1, 0.15) is 43.1 Å². The van der Waals surface area contributed by atoms with Crippen molar-refractivity contribution in [3.05, 3.63) is 35.4 Å². The Labute approximate surface area is 161 Å². The molecule has 2 atom stereocenters. The molecule has 1 fully saturated rings. The van der Waals surface area contributed by atoms with E-state index in [4.69, 9.17) is 10.5 Å². The van der Waals surface area contributed by atoms with E-state index in [-0.39, 0.29) is 30.3 Å². The van der Waals surface area contributed by atoms with Gasteiger partial charge in [0.1, 0.15) is 5.54 Å². The Morgan fingerprint density at radius 2 is 2.04 bits per heavy atom. The van der Waals surface area contributed by atoms with Crippen LogP contribution in [-0.2, 0) is 16.0 Å². The molecule has 2 unspecified atom stereocenters. The van der Waals surface area contributed by atoms with Crippen LogP contribution in [-0.4, -0.2) is 43.7 Å². The van der Waals surface area contributed by atoms with Crippen molar-refractivity contribution in [2.45, 2.75) is 45.3 Å². The van der Waals surface area contributed by atoms with Crippen LogP contribution in [0, 0.1) is 5.41 Å². The fourth-order valence-electron chi connectivity index (χ4n) is 3.31. The number of carbonyl (C=O) groups is 2. The monoisotopic (exact) mass is 383 g/mol. The zero-order valence-corrected chi connectivity index (χ0v) is 16.7. The van der Waals surface area contributed by atoms with Crippen LogP contribution in [0.2, 0.25) is 0 Å². The molecule has 0 bridgehead atoms. The summed E-state index contributed by atoms with van der Waals surface area (Å²) in [6.45, 7) is 6.99. The fraction of sp³-hybridized carbons (Fsp3) is 0.579. The SMILES string of the molecule is CCOC1CC(N)(C(=O)NCCc2cccc(C(=O)NC)c2)C1(C)C.Cl. The standard InChI is InChI=1S/C19H29N3O3.ClH/c1-5-25-15-12-19(20,18(15,2)3)17(24)22-10-9-13-7-6-8-14(11-13)16(23)21-4;/h6-8,11,15H,5,9-10,12,20H2,1-4H3,(H,21,23)(H,22,24);1H. The highest BCUT2D eigenvalue weighted by Gasteiger charge is 2.62. The summed E-state index contributed by atoms with van der Waals surface area (Å²) in [6, 6.07) is 7.38. The minimum absolute atomic E-state index is 0. The zero-order chi connectivity index (χ0) is 18.7. The summed E-state index contributed by atoms with van der Waals surface area (Å²) in [5.41, 5.74) is 6.66. The van der Waals surface area contributed by atoms with Gasteiger partial charge in [-0.1, -0.05) is 26.0 Å². The number of halogens is 1. The molecule has 1 aliphatic rings. The van der Waals surface area contributed by atoms with E-state index in [1.807, 2.05) is 39.0 Å². The first-order valence-corrected chi connectivity index (χ1v) is 8.76. The van der Waals surface area contributed by atoms with Gasteiger partial charge in [-0.05, 0) is 31.0 Å². The molecule has 7 heteroatoms. The Kier molecular flexibility index (Phi) is 7.62. The highest BCUT2D eigenvalue weighted by molar-refractivity contribution is 5.94. The molecular weight excluding hydrogens is 354 g/mol. The number of nitrogens with one attached hydrogen (secondary N) is 2. The second-order valence-electron chi connectivity index (χ2n) is 7.13. The van der Waals surface area contributed by atoms with Gasteiger partial charge < -0.3 is 21.1 Å². The normalized spacial score (nSPS) is 23.3. The molecule has 2 amide bonds. The maximum Gasteiger partial charge on any atom is 0.251 e. The minimum atomic E-state index is -0.906. The van der Waals surface area contributed by atoms with Crippen molar-refractivity contribution in [3.8, 4) is 0 Å². The Morgan fingerprint density at radius 3 is 2.62 bits per heavy atom. The number of ether oxygens (including phenoxy) is 1. The summed E-state index contributed by atoms with van der Waals surface area (Å²) in [5.74, 6) is -0.263. The van der Waals surface area contributed by atoms with Gasteiger partial charge in [-0.2, -0.15) is 0 Å². The van der Waals surface area contributed by atoms with Gasteiger partial charge in [-0.3, -0.25) is 9.59 Å². The van der Waals surface area contributed by atoms with E-state index in [9.17, 15) is 9.59 Å². The number of benzene rings is 1. The second-order valence-corrected chi connectivity index (χ2v) is 7.13. The van der Waals surface area contributed by atoms with E-state index in [1.165, 1.54) is 0 Å². The number of carbonyl (C=O) groups excluding carboxylic acids is 2. The smallest absolute Gasteiger partial charge is 0.251 e. The highest BCUT2D eigenvalue weighted by atomic mass is 35.5. The number of nitrogens with two attached hydrogens (primary N) is 1. The van der Waals surface area contributed by atoms with E-state index >= 15 is 0 Å². The first-order chi connectivity index (χ1) is 11.8. The molecule has 6 nitrogen and oxygen atoms in total. The molecule has 0 aliphatic heterocycles. The lowest BCUT2D eigenvalue weighted by molar-refractivity contribution is -0.170. The van der Waals surface area contributed by atoms with E-state index in [0.29, 0.717) is 31.6 Å². The molecule has 146 valence electrons. The topological polar surface area (TPSA) is 93.4 Å². The van der Waals surface area contributed by atoms with E-state index in [1.54, 1.807) is 13.1 Å². The predicted molar refractivity (Wildman–Crippen MR) is 105 cm³/mol. The van der Waals surface area contributed by atoms with Crippen LogP contribution in [0.25, 0.3) is 0 Å². The Bertz CT molecular complexity index is 651. The summed E-state index contributed by atoms with van der Waals surface area (Å²) in [4.78, 5) is 24.2. The number of hydrogen-bond donors (Lipinski definition) is 3. The summed E-state index contributed by atoms with van der Waals surface area (Å²) >= 11 is 0. The van der Waals surface area contributed by atoms with Crippen molar-refractivity contribution in [1.29, 1.82) is 0 Å². The van der Waals surface area contributed by atoms with E-state index in [2.05, 4.69) is 10.6 Å². The molecule has 0 radical (unpaired) electrons. The van der Waals surface area contributed by atoms with Crippen LogP contribution in [0.4, 0.5) is 0 Å². The largest absolute Gasteiger partial charge is 0.378 e. The third kappa shape index (κ3) is 4.19. The average molecular weight is 384 g/mol. The molecule has 4 N–H and O–H groups in total. The van der Waals surface area contributed by atoms with Crippen molar-refractivity contribution >= 4 is 24.2 Å². The van der Waals surface area contributed by atoms with Crippen molar-refractivity contribution in [2.24, 2.45) is 11.1 Å². The van der Waals surface area contributed by atoms with Crippen molar-refractivity contribution in [2.75, 3.05) is 20.2 Å². The minimum Gasteiger partial charge on any atom is -0.378 e. The van der Waals surface area contributed by atoms with Crippen LogP contribution >= 0.6 is 12.4 Å². The quantitative estimate of drug-likeness (QED) is 0.667. The maximum absolute atomic E-state index is 12.6. The number of rotatable bonds is 7. The van der Waals surface area contributed by atoms with Gasteiger partial charge in [0.15, 0.2) is 0 Å². The van der Waals surface area contributed by atoms with Crippen molar-refractivity contribution < 1.29 is 14.3 Å². The van der Waals surface area contributed by atoms with Gasteiger partial charge in [0, 0.05) is 37.6 Å². The Morgan fingerprint density at radius 1 is 1.35 bits per heavy atom. The first-order valence-electron chi connectivity index (χ1n) is 8.76. The van der Waals surface area contributed by atoms with E-state index < -0.39 is 11.0 Å². The summed E-state index contributed by atoms with van der Waals surface area (Å²) < 4.78 is 5.66. The van der Waals surface area contributed by atoms with Gasteiger partial charge in [0.25, 0.3) is 5.91 Å². The summed E-state index contributed by atoms with van der Waals surface area (Å²) in [6.07, 6.45) is 1.19. The van der Waals surface area contributed by atoms with Gasteiger partial charge in [0.2, 0.25) is 5.91 Å². The molecule has 2 rings (SSSR count). The van der Waals surface area contributed by atoms with Gasteiger partial charge >= 0.3 is 0 Å². The molecule has 0 spiro atoms. The second kappa shape index (κ2) is 8.84. The van der Waals surface area contributed by atoms with Gasteiger partial charge in [-0.15, -0.1) is 12.4 Å². The van der Waals surface area contributed by atoms with Crippen LogP contribution in [0.15, 0.2) is 24.3 Å². The molecule has 1 aliphatic carbocycles. The molecular formula is C19H30ClN3O3. The summed E-state index contributed by atoms with van der Waals surface area (Å²) in [7, 11) is 1.60. The molecule has 0 saturated heterocycles. The van der Waals surface area contributed by atoms with E-state index in [0.717, 1.165) is 5.56 Å². The molecule has 0 aromatic heterocycles.